The molecular weight excluding hydrogens is 390 g/mol. The number of sulfonamides is 1. The molecule has 0 radical (unpaired) electrons. The minimum Gasteiger partial charge on any atom is -0.352 e. The van der Waals surface area contributed by atoms with Gasteiger partial charge in [0.1, 0.15) is 0 Å². The molecule has 2 amide bonds. The summed E-state index contributed by atoms with van der Waals surface area (Å²) in [5.74, 6) is -0.527. The third-order valence-electron chi connectivity index (χ3n) is 4.85. The van der Waals surface area contributed by atoms with Crippen LogP contribution < -0.4 is 10.6 Å². The lowest BCUT2D eigenvalue weighted by atomic mass is 10.1. The van der Waals surface area contributed by atoms with Crippen LogP contribution in [0.15, 0.2) is 53.4 Å². The van der Waals surface area contributed by atoms with Gasteiger partial charge in [0.25, 0.3) is 5.91 Å². The molecule has 7 nitrogen and oxygen atoms in total. The van der Waals surface area contributed by atoms with Crippen LogP contribution in [0.2, 0.25) is 0 Å². The Labute approximate surface area is 171 Å². The van der Waals surface area contributed by atoms with Crippen molar-refractivity contribution in [3.8, 4) is 0 Å². The summed E-state index contributed by atoms with van der Waals surface area (Å²) in [4.78, 5) is 24.5. The van der Waals surface area contributed by atoms with Gasteiger partial charge < -0.3 is 10.6 Å². The summed E-state index contributed by atoms with van der Waals surface area (Å²) >= 11 is 0. The summed E-state index contributed by atoms with van der Waals surface area (Å²) in [5.41, 5.74) is 1.86. The topological polar surface area (TPSA) is 95.6 Å². The Morgan fingerprint density at radius 3 is 2.48 bits per heavy atom. The number of rotatable bonds is 7. The standard InChI is InChI=1S/C21H25N3O4S/c1-16-7-2-3-10-19(16)21(26)22-12-11-20(25)23-17-8-6-9-18(15-17)29(27,28)24-13-4-5-14-24/h2-3,6-10,15H,4-5,11-14H2,1H3,(H,22,26)(H,23,25). The summed E-state index contributed by atoms with van der Waals surface area (Å²) in [6, 6.07) is 13.5. The number of hydrogen-bond acceptors (Lipinski definition) is 4. The molecule has 2 aromatic rings. The van der Waals surface area contributed by atoms with Gasteiger partial charge in [0.05, 0.1) is 4.90 Å². The zero-order valence-electron chi connectivity index (χ0n) is 16.3. The van der Waals surface area contributed by atoms with Crippen LogP contribution >= 0.6 is 0 Å². The van der Waals surface area contributed by atoms with Gasteiger partial charge in [0.2, 0.25) is 15.9 Å². The lowest BCUT2D eigenvalue weighted by Gasteiger charge is -2.16. The fourth-order valence-corrected chi connectivity index (χ4v) is 4.81. The van der Waals surface area contributed by atoms with Crippen molar-refractivity contribution in [3.05, 3.63) is 59.7 Å². The van der Waals surface area contributed by atoms with Crippen molar-refractivity contribution in [3.63, 3.8) is 0 Å². The molecule has 3 rings (SSSR count). The molecule has 2 aromatic carbocycles. The van der Waals surface area contributed by atoms with Gasteiger partial charge >= 0.3 is 0 Å². The molecule has 2 N–H and O–H groups in total. The highest BCUT2D eigenvalue weighted by Crippen LogP contribution is 2.23. The van der Waals surface area contributed by atoms with Gasteiger partial charge in [-0.15, -0.1) is 0 Å². The number of nitrogens with zero attached hydrogens (tertiary/aromatic N) is 1. The second-order valence-electron chi connectivity index (χ2n) is 7.01. The molecule has 1 saturated heterocycles. The van der Waals surface area contributed by atoms with Crippen LogP contribution in [0.4, 0.5) is 5.69 Å². The van der Waals surface area contributed by atoms with E-state index in [2.05, 4.69) is 10.6 Å². The van der Waals surface area contributed by atoms with E-state index in [1.807, 2.05) is 19.1 Å². The zero-order valence-corrected chi connectivity index (χ0v) is 17.2. The predicted octanol–water partition coefficient (Wildman–Crippen LogP) is 2.54. The molecule has 1 heterocycles. The largest absolute Gasteiger partial charge is 0.352 e. The Morgan fingerprint density at radius 2 is 1.76 bits per heavy atom. The first-order valence-electron chi connectivity index (χ1n) is 9.62. The second-order valence-corrected chi connectivity index (χ2v) is 8.95. The molecule has 0 aliphatic carbocycles. The molecule has 1 aliphatic heterocycles. The van der Waals surface area contributed by atoms with Crippen LogP contribution in [0.3, 0.4) is 0 Å². The highest BCUT2D eigenvalue weighted by atomic mass is 32.2. The first-order valence-corrected chi connectivity index (χ1v) is 11.1. The van der Waals surface area contributed by atoms with Crippen molar-refractivity contribution in [1.29, 1.82) is 0 Å². The Bertz CT molecular complexity index is 998. The Balaban J connectivity index is 1.54. The van der Waals surface area contributed by atoms with E-state index in [-0.39, 0.29) is 29.7 Å². The normalized spacial score (nSPS) is 14.5. The van der Waals surface area contributed by atoms with Gasteiger partial charge in [-0.1, -0.05) is 24.3 Å². The first-order chi connectivity index (χ1) is 13.9. The lowest BCUT2D eigenvalue weighted by molar-refractivity contribution is -0.116. The molecule has 154 valence electrons. The molecule has 0 spiro atoms. The van der Waals surface area contributed by atoms with Crippen molar-refractivity contribution in [2.75, 3.05) is 25.0 Å². The van der Waals surface area contributed by atoms with Crippen LogP contribution in [-0.4, -0.2) is 44.2 Å². The molecule has 0 bridgehead atoms. The van der Waals surface area contributed by atoms with Gasteiger partial charge in [-0.25, -0.2) is 8.42 Å². The average Bonchev–Trinajstić information content (AvgIpc) is 3.24. The molecule has 0 atom stereocenters. The van der Waals surface area contributed by atoms with E-state index in [1.54, 1.807) is 24.3 Å². The van der Waals surface area contributed by atoms with Gasteiger partial charge in [0.15, 0.2) is 0 Å². The van der Waals surface area contributed by atoms with Crippen molar-refractivity contribution in [1.82, 2.24) is 9.62 Å². The summed E-state index contributed by atoms with van der Waals surface area (Å²) in [5, 5.41) is 5.42. The maximum Gasteiger partial charge on any atom is 0.251 e. The first kappa shape index (κ1) is 21.0. The van der Waals surface area contributed by atoms with Crippen molar-refractivity contribution < 1.29 is 18.0 Å². The maximum atomic E-state index is 12.6. The van der Waals surface area contributed by atoms with Crippen molar-refractivity contribution >= 4 is 27.5 Å². The molecule has 8 heteroatoms. The van der Waals surface area contributed by atoms with E-state index in [0.717, 1.165) is 18.4 Å². The molecule has 0 unspecified atom stereocenters. The number of anilines is 1. The quantitative estimate of drug-likeness (QED) is 0.726. The minimum absolute atomic E-state index is 0.0841. The number of aryl methyl sites for hydroxylation is 1. The van der Waals surface area contributed by atoms with Crippen LogP contribution in [0.5, 0.6) is 0 Å². The molecular formula is C21H25N3O4S. The zero-order chi connectivity index (χ0) is 20.9. The number of benzene rings is 2. The molecule has 29 heavy (non-hydrogen) atoms. The summed E-state index contributed by atoms with van der Waals surface area (Å²) < 4.78 is 26.8. The van der Waals surface area contributed by atoms with Crippen molar-refractivity contribution in [2.24, 2.45) is 0 Å². The van der Waals surface area contributed by atoms with Crippen LogP contribution in [0.25, 0.3) is 0 Å². The second kappa shape index (κ2) is 9.19. The van der Waals surface area contributed by atoms with Crippen LogP contribution in [-0.2, 0) is 14.8 Å². The molecule has 0 saturated carbocycles. The molecule has 0 aromatic heterocycles. The fraction of sp³-hybridized carbons (Fsp3) is 0.333. The third kappa shape index (κ3) is 5.21. The lowest BCUT2D eigenvalue weighted by Crippen LogP contribution is -2.28. The summed E-state index contributed by atoms with van der Waals surface area (Å²) in [6.45, 7) is 3.09. The van der Waals surface area contributed by atoms with E-state index in [4.69, 9.17) is 0 Å². The highest BCUT2D eigenvalue weighted by Gasteiger charge is 2.27. The number of carbonyl (C=O) groups excluding carboxylic acids is 2. The maximum absolute atomic E-state index is 12.6. The Morgan fingerprint density at radius 1 is 1.03 bits per heavy atom. The van der Waals surface area contributed by atoms with E-state index in [0.29, 0.717) is 24.3 Å². The van der Waals surface area contributed by atoms with E-state index in [1.165, 1.54) is 16.4 Å². The third-order valence-corrected chi connectivity index (χ3v) is 6.74. The monoisotopic (exact) mass is 415 g/mol. The van der Waals surface area contributed by atoms with Gasteiger partial charge in [0, 0.05) is 37.3 Å². The van der Waals surface area contributed by atoms with Gasteiger partial charge in [-0.3, -0.25) is 9.59 Å². The highest BCUT2D eigenvalue weighted by molar-refractivity contribution is 7.89. The molecule has 1 fully saturated rings. The smallest absolute Gasteiger partial charge is 0.251 e. The summed E-state index contributed by atoms with van der Waals surface area (Å²) in [7, 11) is -3.53. The number of hydrogen-bond donors (Lipinski definition) is 2. The van der Waals surface area contributed by atoms with E-state index < -0.39 is 10.0 Å². The molecule has 1 aliphatic rings. The van der Waals surface area contributed by atoms with Gasteiger partial charge in [-0.2, -0.15) is 4.31 Å². The minimum atomic E-state index is -3.53. The van der Waals surface area contributed by atoms with E-state index >= 15 is 0 Å². The predicted molar refractivity (Wildman–Crippen MR) is 111 cm³/mol. The van der Waals surface area contributed by atoms with Crippen molar-refractivity contribution in [2.45, 2.75) is 31.1 Å². The van der Waals surface area contributed by atoms with Crippen LogP contribution in [0, 0.1) is 6.92 Å². The number of nitrogens with one attached hydrogen (secondary N) is 2. The number of carbonyl (C=O) groups is 2. The van der Waals surface area contributed by atoms with Crippen LogP contribution in [0.1, 0.15) is 35.2 Å². The fourth-order valence-electron chi connectivity index (χ4n) is 3.25. The Hall–Kier alpha value is -2.71. The summed E-state index contributed by atoms with van der Waals surface area (Å²) in [6.07, 6.45) is 1.81. The average molecular weight is 416 g/mol. The SMILES string of the molecule is Cc1ccccc1C(=O)NCCC(=O)Nc1cccc(S(=O)(=O)N2CCCC2)c1. The van der Waals surface area contributed by atoms with E-state index in [9.17, 15) is 18.0 Å². The Kier molecular flexibility index (Phi) is 6.66. The number of amides is 2. The van der Waals surface area contributed by atoms with Gasteiger partial charge in [-0.05, 0) is 49.6 Å².